The molecule has 4 heterocycles. The zero-order chi connectivity index (χ0) is 19.0. The minimum Gasteiger partial charge on any atom is -0.367 e. The van der Waals surface area contributed by atoms with E-state index in [0.717, 1.165) is 11.2 Å². The van der Waals surface area contributed by atoms with Crippen LogP contribution in [0.15, 0.2) is 49.1 Å². The second-order valence-electron chi connectivity index (χ2n) is 6.69. The highest BCUT2D eigenvalue weighted by atomic mass is 16.1. The third-order valence-electron chi connectivity index (χ3n) is 4.24. The van der Waals surface area contributed by atoms with Gasteiger partial charge in [0.15, 0.2) is 5.65 Å². The van der Waals surface area contributed by atoms with Crippen LogP contribution in [0.5, 0.6) is 0 Å². The number of fused-ring (bicyclic) bond motifs is 3. The molecule has 0 fully saturated rings. The summed E-state index contributed by atoms with van der Waals surface area (Å²) in [6, 6.07) is 9.59. The number of nitrogens with zero attached hydrogens (tertiary/aromatic N) is 4. The van der Waals surface area contributed by atoms with E-state index < -0.39 is 0 Å². The van der Waals surface area contributed by atoms with Crippen LogP contribution in [0.2, 0.25) is 0 Å². The minimum atomic E-state index is -0.221. The second-order valence-corrected chi connectivity index (χ2v) is 6.69. The molecule has 27 heavy (non-hydrogen) atoms. The van der Waals surface area contributed by atoms with Crippen molar-refractivity contribution in [2.45, 2.75) is 26.8 Å². The Labute approximate surface area is 156 Å². The number of anilines is 2. The van der Waals surface area contributed by atoms with E-state index in [9.17, 15) is 4.79 Å². The summed E-state index contributed by atoms with van der Waals surface area (Å²) in [6.45, 7) is 5.96. The van der Waals surface area contributed by atoms with Crippen LogP contribution in [0.3, 0.4) is 0 Å². The lowest BCUT2D eigenvalue weighted by molar-refractivity contribution is 0.102. The minimum absolute atomic E-state index is 0.170. The van der Waals surface area contributed by atoms with E-state index in [1.807, 2.05) is 61.7 Å². The number of amides is 1. The fourth-order valence-electron chi connectivity index (χ4n) is 3.10. The standard InChI is InChI=1S/C20H20N6O/c1-12(2)24-18-17-16(20(27)25-14-8-7-13(3)21-10-14)15-6-4-5-9-26(15)19(17)23-11-22-18/h4-12H,1-3H3,(H,25,27)(H,22,23,24). The van der Waals surface area contributed by atoms with Crippen LogP contribution in [-0.2, 0) is 0 Å². The maximum absolute atomic E-state index is 13.2. The van der Waals surface area contributed by atoms with Crippen molar-refractivity contribution in [1.29, 1.82) is 0 Å². The average molecular weight is 360 g/mol. The van der Waals surface area contributed by atoms with Gasteiger partial charge in [0.05, 0.1) is 28.4 Å². The topological polar surface area (TPSA) is 84.2 Å². The van der Waals surface area contributed by atoms with Crippen molar-refractivity contribution < 1.29 is 4.79 Å². The summed E-state index contributed by atoms with van der Waals surface area (Å²) in [5, 5.41) is 6.96. The van der Waals surface area contributed by atoms with Gasteiger partial charge in [-0.25, -0.2) is 9.97 Å². The van der Waals surface area contributed by atoms with E-state index in [4.69, 9.17) is 0 Å². The molecule has 2 N–H and O–H groups in total. The molecule has 7 nitrogen and oxygen atoms in total. The molecule has 1 amide bonds. The highest BCUT2D eigenvalue weighted by molar-refractivity contribution is 6.20. The number of aryl methyl sites for hydroxylation is 1. The average Bonchev–Trinajstić information content (AvgIpc) is 2.99. The molecule has 4 aromatic heterocycles. The van der Waals surface area contributed by atoms with Gasteiger partial charge in [-0.2, -0.15) is 0 Å². The number of pyridine rings is 2. The van der Waals surface area contributed by atoms with Gasteiger partial charge in [-0.05, 0) is 45.0 Å². The molecule has 0 aliphatic carbocycles. The molecular formula is C20H20N6O. The number of hydrogen-bond acceptors (Lipinski definition) is 5. The number of carbonyl (C=O) groups excluding carboxylic acids is 1. The van der Waals surface area contributed by atoms with Gasteiger partial charge in [-0.15, -0.1) is 0 Å². The van der Waals surface area contributed by atoms with Crippen LogP contribution in [0.4, 0.5) is 11.5 Å². The molecule has 0 spiro atoms. The van der Waals surface area contributed by atoms with Crippen molar-refractivity contribution in [2.24, 2.45) is 0 Å². The summed E-state index contributed by atoms with van der Waals surface area (Å²) in [7, 11) is 0. The third-order valence-corrected chi connectivity index (χ3v) is 4.24. The maximum atomic E-state index is 13.2. The van der Waals surface area contributed by atoms with Crippen LogP contribution in [0.1, 0.15) is 29.9 Å². The molecule has 7 heteroatoms. The van der Waals surface area contributed by atoms with E-state index in [1.165, 1.54) is 6.33 Å². The van der Waals surface area contributed by atoms with E-state index in [0.29, 0.717) is 28.1 Å². The normalized spacial score (nSPS) is 11.3. The smallest absolute Gasteiger partial charge is 0.258 e. The van der Waals surface area contributed by atoms with Crippen LogP contribution in [0, 0.1) is 6.92 Å². The lowest BCUT2D eigenvalue weighted by Gasteiger charge is -2.11. The molecule has 0 atom stereocenters. The highest BCUT2D eigenvalue weighted by Gasteiger charge is 2.22. The van der Waals surface area contributed by atoms with Crippen molar-refractivity contribution in [3.8, 4) is 0 Å². The van der Waals surface area contributed by atoms with Crippen molar-refractivity contribution >= 4 is 34.0 Å². The fourth-order valence-corrected chi connectivity index (χ4v) is 3.10. The van der Waals surface area contributed by atoms with Crippen molar-refractivity contribution in [1.82, 2.24) is 19.4 Å². The number of hydrogen-bond donors (Lipinski definition) is 2. The molecule has 0 aliphatic heterocycles. The van der Waals surface area contributed by atoms with Gasteiger partial charge in [0.25, 0.3) is 5.91 Å². The monoisotopic (exact) mass is 360 g/mol. The van der Waals surface area contributed by atoms with Gasteiger partial charge in [0.2, 0.25) is 0 Å². The summed E-state index contributed by atoms with van der Waals surface area (Å²) in [5.74, 6) is 0.423. The highest BCUT2D eigenvalue weighted by Crippen LogP contribution is 2.31. The molecule has 136 valence electrons. The van der Waals surface area contributed by atoms with E-state index in [1.54, 1.807) is 6.20 Å². The molecule has 0 bridgehead atoms. The van der Waals surface area contributed by atoms with Crippen molar-refractivity contribution in [2.75, 3.05) is 10.6 Å². The molecule has 0 saturated heterocycles. The Balaban J connectivity index is 1.91. The fraction of sp³-hybridized carbons (Fsp3) is 0.200. The van der Waals surface area contributed by atoms with Crippen LogP contribution >= 0.6 is 0 Å². The predicted octanol–water partition coefficient (Wildman–Crippen LogP) is 3.66. The van der Waals surface area contributed by atoms with Crippen molar-refractivity contribution in [3.05, 3.63) is 60.3 Å². The second kappa shape index (κ2) is 6.68. The van der Waals surface area contributed by atoms with Gasteiger partial charge < -0.3 is 15.0 Å². The van der Waals surface area contributed by atoms with Gasteiger partial charge in [-0.3, -0.25) is 9.78 Å². The molecule has 0 radical (unpaired) electrons. The molecule has 0 aliphatic rings. The molecular weight excluding hydrogens is 340 g/mol. The molecule has 0 unspecified atom stereocenters. The Morgan fingerprint density at radius 3 is 2.70 bits per heavy atom. The Hall–Kier alpha value is -3.48. The summed E-state index contributed by atoms with van der Waals surface area (Å²) in [6.07, 6.45) is 5.06. The maximum Gasteiger partial charge on any atom is 0.258 e. The number of carbonyl (C=O) groups is 1. The molecule has 4 rings (SSSR count). The summed E-state index contributed by atoms with van der Waals surface area (Å²) in [5.41, 5.74) is 3.54. The first-order chi connectivity index (χ1) is 13.0. The van der Waals surface area contributed by atoms with E-state index >= 15 is 0 Å². The van der Waals surface area contributed by atoms with Gasteiger partial charge >= 0.3 is 0 Å². The quantitative estimate of drug-likeness (QED) is 0.580. The number of rotatable bonds is 4. The van der Waals surface area contributed by atoms with Gasteiger partial charge in [-0.1, -0.05) is 6.07 Å². The Bertz CT molecular complexity index is 1130. The number of nitrogens with one attached hydrogen (secondary N) is 2. The SMILES string of the molecule is Cc1ccc(NC(=O)c2c3c(NC(C)C)ncnc3n3ccccc23)cn1. The van der Waals surface area contributed by atoms with E-state index in [2.05, 4.69) is 25.6 Å². The Morgan fingerprint density at radius 2 is 1.96 bits per heavy atom. The first-order valence-electron chi connectivity index (χ1n) is 8.79. The summed E-state index contributed by atoms with van der Waals surface area (Å²) in [4.78, 5) is 26.2. The van der Waals surface area contributed by atoms with Crippen LogP contribution in [-0.4, -0.2) is 31.3 Å². The number of aromatic nitrogens is 4. The molecule has 0 aromatic carbocycles. The summed E-state index contributed by atoms with van der Waals surface area (Å²) < 4.78 is 1.91. The lowest BCUT2D eigenvalue weighted by atomic mass is 10.1. The zero-order valence-corrected chi connectivity index (χ0v) is 15.4. The predicted molar refractivity (Wildman–Crippen MR) is 106 cm³/mol. The van der Waals surface area contributed by atoms with E-state index in [-0.39, 0.29) is 11.9 Å². The Kier molecular flexibility index (Phi) is 4.19. The first-order valence-corrected chi connectivity index (χ1v) is 8.79. The first kappa shape index (κ1) is 17.0. The Morgan fingerprint density at radius 1 is 1.11 bits per heavy atom. The van der Waals surface area contributed by atoms with Gasteiger partial charge in [0, 0.05) is 17.9 Å². The summed E-state index contributed by atoms with van der Waals surface area (Å²) >= 11 is 0. The molecule has 0 saturated carbocycles. The van der Waals surface area contributed by atoms with Crippen LogP contribution in [0.25, 0.3) is 16.6 Å². The lowest BCUT2D eigenvalue weighted by Crippen LogP contribution is -2.15. The zero-order valence-electron chi connectivity index (χ0n) is 15.4. The largest absolute Gasteiger partial charge is 0.367 e. The van der Waals surface area contributed by atoms with Crippen molar-refractivity contribution in [3.63, 3.8) is 0 Å². The third kappa shape index (κ3) is 3.08. The van der Waals surface area contributed by atoms with Crippen LogP contribution < -0.4 is 10.6 Å². The van der Waals surface area contributed by atoms with Gasteiger partial charge in [0.1, 0.15) is 12.1 Å². The molecule has 4 aromatic rings.